The van der Waals surface area contributed by atoms with Gasteiger partial charge in [0.1, 0.15) is 10.8 Å². The maximum absolute atomic E-state index is 13.3. The van der Waals surface area contributed by atoms with Crippen molar-refractivity contribution in [3.8, 4) is 0 Å². The molecule has 0 saturated heterocycles. The molecular formula is C17H16ClFN2S. The first-order chi connectivity index (χ1) is 10.6. The summed E-state index contributed by atoms with van der Waals surface area (Å²) in [4.78, 5) is 4.36. The zero-order valence-corrected chi connectivity index (χ0v) is 13.9. The molecule has 1 unspecified atom stereocenters. The molecule has 1 aromatic heterocycles. The van der Waals surface area contributed by atoms with Crippen LogP contribution in [0.25, 0.3) is 5.70 Å². The van der Waals surface area contributed by atoms with E-state index in [0.29, 0.717) is 5.02 Å². The second-order valence-electron chi connectivity index (χ2n) is 5.19. The largest absolute Gasteiger partial charge is 0.357 e. The molecule has 0 aliphatic carbocycles. The predicted octanol–water partition coefficient (Wildman–Crippen LogP) is 5.35. The van der Waals surface area contributed by atoms with Crippen molar-refractivity contribution in [2.45, 2.75) is 26.2 Å². The molecule has 1 aromatic carbocycles. The highest BCUT2D eigenvalue weighted by molar-refractivity contribution is 7.10. The van der Waals surface area contributed by atoms with Crippen LogP contribution >= 0.6 is 22.9 Å². The van der Waals surface area contributed by atoms with Crippen molar-refractivity contribution >= 4 is 28.6 Å². The van der Waals surface area contributed by atoms with E-state index in [1.54, 1.807) is 23.6 Å². The van der Waals surface area contributed by atoms with Crippen LogP contribution in [0.4, 0.5) is 4.39 Å². The fraction of sp³-hybridized carbons (Fsp3) is 0.235. The molecule has 22 heavy (non-hydrogen) atoms. The van der Waals surface area contributed by atoms with E-state index in [1.807, 2.05) is 5.38 Å². The van der Waals surface area contributed by atoms with E-state index >= 15 is 0 Å². The Hall–Kier alpha value is -1.65. The topological polar surface area (TPSA) is 24.9 Å². The molecule has 0 bridgehead atoms. The third-order valence-corrected chi connectivity index (χ3v) is 4.99. The first-order valence-corrected chi connectivity index (χ1v) is 8.39. The lowest BCUT2D eigenvalue weighted by atomic mass is 9.85. The smallest absolute Gasteiger partial charge is 0.139 e. The number of hydrogen-bond donors (Lipinski definition) is 1. The number of hydrogen-bond acceptors (Lipinski definition) is 3. The zero-order valence-electron chi connectivity index (χ0n) is 12.4. The number of benzene rings is 1. The first kappa shape index (κ1) is 15.3. The second-order valence-corrected chi connectivity index (χ2v) is 6.49. The molecule has 1 atom stereocenters. The molecular weight excluding hydrogens is 319 g/mol. The van der Waals surface area contributed by atoms with Gasteiger partial charge in [0.15, 0.2) is 0 Å². The Morgan fingerprint density at radius 2 is 2.23 bits per heavy atom. The molecule has 0 amide bonds. The average molecular weight is 335 g/mol. The van der Waals surface area contributed by atoms with E-state index in [0.717, 1.165) is 28.4 Å². The van der Waals surface area contributed by atoms with Crippen LogP contribution in [-0.4, -0.2) is 4.98 Å². The summed E-state index contributed by atoms with van der Waals surface area (Å²) in [7, 11) is 0. The van der Waals surface area contributed by atoms with Crippen LogP contribution in [0.3, 0.4) is 0 Å². The lowest BCUT2D eigenvalue weighted by molar-refractivity contribution is 0.626. The molecule has 0 fully saturated rings. The highest BCUT2D eigenvalue weighted by Crippen LogP contribution is 2.39. The van der Waals surface area contributed by atoms with Gasteiger partial charge in [-0.15, -0.1) is 11.3 Å². The summed E-state index contributed by atoms with van der Waals surface area (Å²) in [5.41, 5.74) is 4.28. The third kappa shape index (κ3) is 2.81. The minimum Gasteiger partial charge on any atom is -0.357 e. The standard InChI is InChI=1S/C17H16ClFN2S/c1-3-12-10(2)21-16(17-20-6-7-22-17)9-14(12)13-5-4-11(19)8-15(13)18/h4-9,14,21H,3H2,1-2H3. The Morgan fingerprint density at radius 3 is 2.86 bits per heavy atom. The van der Waals surface area contributed by atoms with E-state index in [1.165, 1.54) is 17.7 Å². The molecule has 0 spiro atoms. The summed E-state index contributed by atoms with van der Waals surface area (Å²) in [6, 6.07) is 4.60. The van der Waals surface area contributed by atoms with Gasteiger partial charge in [-0.3, -0.25) is 0 Å². The third-order valence-electron chi connectivity index (χ3n) is 3.85. The normalized spacial score (nSPS) is 18.2. The summed E-state index contributed by atoms with van der Waals surface area (Å²) < 4.78 is 13.3. The van der Waals surface area contributed by atoms with Crippen molar-refractivity contribution in [1.82, 2.24) is 10.3 Å². The maximum Gasteiger partial charge on any atom is 0.139 e. The van der Waals surface area contributed by atoms with Gasteiger partial charge in [-0.2, -0.15) is 0 Å². The molecule has 2 heterocycles. The Bertz CT molecular complexity index is 750. The monoisotopic (exact) mass is 334 g/mol. The summed E-state index contributed by atoms with van der Waals surface area (Å²) in [6.07, 6.45) is 4.82. The summed E-state index contributed by atoms with van der Waals surface area (Å²) in [5.74, 6) is -0.274. The van der Waals surface area contributed by atoms with Gasteiger partial charge >= 0.3 is 0 Å². The molecule has 1 N–H and O–H groups in total. The zero-order chi connectivity index (χ0) is 15.7. The van der Waals surface area contributed by atoms with E-state index in [9.17, 15) is 4.39 Å². The molecule has 114 valence electrons. The fourth-order valence-electron chi connectivity index (χ4n) is 2.82. The Kier molecular flexibility index (Phi) is 4.32. The second kappa shape index (κ2) is 6.23. The molecule has 1 aliphatic heterocycles. The molecule has 2 aromatic rings. The number of dihydropyridines is 1. The minimum atomic E-state index is -0.314. The van der Waals surface area contributed by atoms with Crippen LogP contribution in [0.15, 0.2) is 47.1 Å². The van der Waals surface area contributed by atoms with Gasteiger partial charge < -0.3 is 5.32 Å². The fourth-order valence-corrected chi connectivity index (χ4v) is 3.73. The lowest BCUT2D eigenvalue weighted by Crippen LogP contribution is -2.20. The highest BCUT2D eigenvalue weighted by Gasteiger charge is 2.24. The van der Waals surface area contributed by atoms with Gasteiger partial charge in [-0.25, -0.2) is 9.37 Å². The Labute approximate surface area is 138 Å². The number of nitrogens with one attached hydrogen (secondary N) is 1. The van der Waals surface area contributed by atoms with E-state index in [2.05, 4.69) is 30.2 Å². The Morgan fingerprint density at radius 1 is 1.41 bits per heavy atom. The van der Waals surface area contributed by atoms with Gasteiger partial charge in [0, 0.05) is 28.2 Å². The van der Waals surface area contributed by atoms with Crippen molar-refractivity contribution < 1.29 is 4.39 Å². The molecule has 1 aliphatic rings. The summed E-state index contributed by atoms with van der Waals surface area (Å²) in [6.45, 7) is 4.18. The average Bonchev–Trinajstić information content (AvgIpc) is 3.00. The van der Waals surface area contributed by atoms with Crippen LogP contribution in [0.1, 0.15) is 36.8 Å². The lowest BCUT2D eigenvalue weighted by Gasteiger charge is -2.27. The van der Waals surface area contributed by atoms with Crippen LogP contribution in [0.5, 0.6) is 0 Å². The van der Waals surface area contributed by atoms with Crippen LogP contribution in [0.2, 0.25) is 5.02 Å². The number of allylic oxidation sites excluding steroid dienone is 3. The predicted molar refractivity (Wildman–Crippen MR) is 90.4 cm³/mol. The number of thiazole rings is 1. The van der Waals surface area contributed by atoms with Crippen LogP contribution in [0, 0.1) is 5.82 Å². The molecule has 3 rings (SSSR count). The van der Waals surface area contributed by atoms with Crippen molar-refractivity contribution in [3.05, 3.63) is 68.5 Å². The summed E-state index contributed by atoms with van der Waals surface area (Å²) >= 11 is 7.87. The van der Waals surface area contributed by atoms with Gasteiger partial charge in [-0.1, -0.05) is 24.6 Å². The van der Waals surface area contributed by atoms with Crippen LogP contribution < -0.4 is 5.32 Å². The number of rotatable bonds is 3. The summed E-state index contributed by atoms with van der Waals surface area (Å²) in [5, 5.41) is 6.77. The molecule has 0 saturated carbocycles. The molecule has 5 heteroatoms. The van der Waals surface area contributed by atoms with E-state index in [4.69, 9.17) is 11.6 Å². The number of halogens is 2. The van der Waals surface area contributed by atoms with Crippen LogP contribution in [-0.2, 0) is 0 Å². The molecule has 2 nitrogen and oxygen atoms in total. The Balaban J connectivity index is 2.09. The van der Waals surface area contributed by atoms with Crippen molar-refractivity contribution in [3.63, 3.8) is 0 Å². The molecule has 0 radical (unpaired) electrons. The van der Waals surface area contributed by atoms with Crippen molar-refractivity contribution in [2.24, 2.45) is 0 Å². The van der Waals surface area contributed by atoms with Crippen molar-refractivity contribution in [2.75, 3.05) is 0 Å². The van der Waals surface area contributed by atoms with E-state index < -0.39 is 0 Å². The van der Waals surface area contributed by atoms with Gasteiger partial charge in [0.2, 0.25) is 0 Å². The highest BCUT2D eigenvalue weighted by atomic mass is 35.5. The number of aromatic nitrogens is 1. The van der Waals surface area contributed by atoms with Gasteiger partial charge in [0.05, 0.1) is 5.70 Å². The van der Waals surface area contributed by atoms with Gasteiger partial charge in [-0.05, 0) is 42.7 Å². The minimum absolute atomic E-state index is 0.0400. The maximum atomic E-state index is 13.3. The quantitative estimate of drug-likeness (QED) is 0.818. The van der Waals surface area contributed by atoms with Crippen molar-refractivity contribution in [1.29, 1.82) is 0 Å². The number of nitrogens with zero attached hydrogens (tertiary/aromatic N) is 1. The van der Waals surface area contributed by atoms with E-state index in [-0.39, 0.29) is 11.7 Å². The first-order valence-electron chi connectivity index (χ1n) is 7.13. The van der Waals surface area contributed by atoms with Gasteiger partial charge in [0.25, 0.3) is 0 Å². The SMILES string of the molecule is CCC1=C(C)NC(c2nccs2)=CC1c1ccc(F)cc1Cl.